The van der Waals surface area contributed by atoms with Crippen molar-refractivity contribution in [3.05, 3.63) is 23.2 Å². The molecule has 0 saturated heterocycles. The molecule has 136 valence electrons. The monoisotopic (exact) mass is 376 g/mol. The zero-order chi connectivity index (χ0) is 18.3. The molecule has 0 spiro atoms. The van der Waals surface area contributed by atoms with E-state index in [-0.39, 0.29) is 34.2 Å². The largest absolute Gasteiger partial charge is 0.482 e. The van der Waals surface area contributed by atoms with Gasteiger partial charge < -0.3 is 10.1 Å². The number of benzene rings is 1. The number of nitrogens with one attached hydrogen (secondary N) is 2. The quantitative estimate of drug-likeness (QED) is 0.693. The van der Waals surface area contributed by atoms with Crippen molar-refractivity contribution in [2.24, 2.45) is 5.92 Å². The van der Waals surface area contributed by atoms with Gasteiger partial charge in [-0.25, -0.2) is 13.1 Å². The molecule has 0 aliphatic carbocycles. The Labute approximate surface area is 149 Å². The Morgan fingerprint density at radius 2 is 1.92 bits per heavy atom. The van der Waals surface area contributed by atoms with E-state index in [1.54, 1.807) is 13.8 Å². The first-order valence-electron chi connectivity index (χ1n) is 7.83. The van der Waals surface area contributed by atoms with Gasteiger partial charge in [0.15, 0.2) is 6.61 Å². The molecule has 24 heavy (non-hydrogen) atoms. The van der Waals surface area contributed by atoms with Crippen molar-refractivity contribution >= 4 is 27.5 Å². The van der Waals surface area contributed by atoms with Crippen molar-refractivity contribution in [3.63, 3.8) is 0 Å². The van der Waals surface area contributed by atoms with Gasteiger partial charge in [0.1, 0.15) is 5.75 Å². The third kappa shape index (κ3) is 7.07. The van der Waals surface area contributed by atoms with E-state index in [4.69, 9.17) is 16.3 Å². The molecule has 0 bridgehead atoms. The molecule has 1 aromatic rings. The van der Waals surface area contributed by atoms with Crippen LogP contribution in [-0.2, 0) is 14.8 Å². The van der Waals surface area contributed by atoms with Crippen LogP contribution >= 0.6 is 11.6 Å². The molecule has 1 amide bonds. The van der Waals surface area contributed by atoms with Crippen LogP contribution in [0.5, 0.6) is 5.75 Å². The van der Waals surface area contributed by atoms with Gasteiger partial charge in [-0.1, -0.05) is 25.4 Å². The minimum atomic E-state index is -3.62. The van der Waals surface area contributed by atoms with Crippen molar-refractivity contribution in [1.29, 1.82) is 0 Å². The van der Waals surface area contributed by atoms with E-state index < -0.39 is 10.0 Å². The van der Waals surface area contributed by atoms with Crippen LogP contribution in [0, 0.1) is 5.92 Å². The number of rotatable bonds is 9. The number of carbonyl (C=O) groups excluding carboxylic acids is 1. The molecule has 0 saturated carbocycles. The van der Waals surface area contributed by atoms with E-state index in [0.29, 0.717) is 12.5 Å². The summed E-state index contributed by atoms with van der Waals surface area (Å²) in [4.78, 5) is 11.7. The molecular formula is C16H25ClN2O4S. The maximum Gasteiger partial charge on any atom is 0.257 e. The molecule has 0 fully saturated rings. The summed E-state index contributed by atoms with van der Waals surface area (Å²) in [5.74, 6) is 0.527. The van der Waals surface area contributed by atoms with Crippen LogP contribution < -0.4 is 14.8 Å². The topological polar surface area (TPSA) is 84.5 Å². The van der Waals surface area contributed by atoms with Crippen LogP contribution in [0.2, 0.25) is 5.02 Å². The third-order valence-corrected chi connectivity index (χ3v) is 4.96. The number of hydrogen-bond acceptors (Lipinski definition) is 4. The summed E-state index contributed by atoms with van der Waals surface area (Å²) in [6.45, 7) is 8.03. The summed E-state index contributed by atoms with van der Waals surface area (Å²) < 4.78 is 32.0. The first-order valence-corrected chi connectivity index (χ1v) is 9.69. The van der Waals surface area contributed by atoms with Crippen molar-refractivity contribution in [2.75, 3.05) is 13.2 Å². The minimum absolute atomic E-state index is 0.0509. The van der Waals surface area contributed by atoms with E-state index in [1.165, 1.54) is 18.2 Å². The lowest BCUT2D eigenvalue weighted by Gasteiger charge is -2.12. The SMILES string of the molecule is CC(C)CCNC(=O)COc1ccc(S(=O)(=O)NC(C)C)cc1Cl. The van der Waals surface area contributed by atoms with Crippen LogP contribution in [0.4, 0.5) is 0 Å². The number of sulfonamides is 1. The average Bonchev–Trinajstić information content (AvgIpc) is 2.44. The second-order valence-electron chi connectivity index (χ2n) is 6.19. The van der Waals surface area contributed by atoms with Gasteiger partial charge in [0.2, 0.25) is 10.0 Å². The fourth-order valence-electron chi connectivity index (χ4n) is 1.84. The average molecular weight is 377 g/mol. The Morgan fingerprint density at radius 1 is 1.25 bits per heavy atom. The number of halogens is 1. The van der Waals surface area contributed by atoms with Crippen molar-refractivity contribution in [1.82, 2.24) is 10.0 Å². The second-order valence-corrected chi connectivity index (χ2v) is 8.31. The number of amides is 1. The van der Waals surface area contributed by atoms with Crippen molar-refractivity contribution in [2.45, 2.75) is 45.1 Å². The second kappa shape index (κ2) is 9.25. The standard InChI is InChI=1S/C16H25ClN2O4S/c1-11(2)7-8-18-16(20)10-23-15-6-5-13(9-14(15)17)24(21,22)19-12(3)4/h5-6,9,11-12,19H,7-8,10H2,1-4H3,(H,18,20). The zero-order valence-corrected chi connectivity index (χ0v) is 16.0. The highest BCUT2D eigenvalue weighted by Crippen LogP contribution is 2.27. The van der Waals surface area contributed by atoms with Gasteiger partial charge in [-0.15, -0.1) is 0 Å². The summed E-state index contributed by atoms with van der Waals surface area (Å²) in [6.07, 6.45) is 0.891. The van der Waals surface area contributed by atoms with Crippen LogP contribution in [-0.4, -0.2) is 33.5 Å². The summed E-state index contributed by atoms with van der Waals surface area (Å²) in [5, 5.41) is 2.88. The molecular weight excluding hydrogens is 352 g/mol. The maximum atomic E-state index is 12.1. The van der Waals surface area contributed by atoms with Gasteiger partial charge in [0.05, 0.1) is 9.92 Å². The first-order chi connectivity index (χ1) is 11.1. The van der Waals surface area contributed by atoms with E-state index in [9.17, 15) is 13.2 Å². The van der Waals surface area contributed by atoms with Gasteiger partial charge >= 0.3 is 0 Å². The molecule has 1 rings (SSSR count). The Morgan fingerprint density at radius 3 is 2.46 bits per heavy atom. The van der Waals surface area contributed by atoms with Gasteiger partial charge in [0, 0.05) is 12.6 Å². The van der Waals surface area contributed by atoms with Crippen LogP contribution in [0.25, 0.3) is 0 Å². The van der Waals surface area contributed by atoms with Gasteiger partial charge in [-0.05, 0) is 44.4 Å². The van der Waals surface area contributed by atoms with E-state index in [1.807, 2.05) is 0 Å². The lowest BCUT2D eigenvalue weighted by atomic mass is 10.1. The van der Waals surface area contributed by atoms with Crippen LogP contribution in [0.1, 0.15) is 34.1 Å². The Hall–Kier alpha value is -1.31. The third-order valence-electron chi connectivity index (χ3n) is 3.01. The molecule has 0 heterocycles. The highest BCUT2D eigenvalue weighted by Gasteiger charge is 2.17. The lowest BCUT2D eigenvalue weighted by molar-refractivity contribution is -0.123. The Kier molecular flexibility index (Phi) is 7.99. The summed E-state index contributed by atoms with van der Waals surface area (Å²) in [7, 11) is -3.62. The van der Waals surface area contributed by atoms with Crippen LogP contribution in [0.3, 0.4) is 0 Å². The van der Waals surface area contributed by atoms with Crippen LogP contribution in [0.15, 0.2) is 23.1 Å². The van der Waals surface area contributed by atoms with E-state index in [0.717, 1.165) is 6.42 Å². The highest BCUT2D eigenvalue weighted by atomic mass is 35.5. The summed E-state index contributed by atoms with van der Waals surface area (Å²) in [6, 6.07) is 3.92. The fraction of sp³-hybridized carbons (Fsp3) is 0.562. The van der Waals surface area contributed by atoms with Gasteiger partial charge in [0.25, 0.3) is 5.91 Å². The molecule has 0 aliphatic rings. The summed E-state index contributed by atoms with van der Waals surface area (Å²) >= 11 is 6.05. The predicted octanol–water partition coefficient (Wildman–Crippen LogP) is 2.57. The molecule has 1 aromatic carbocycles. The number of carbonyl (C=O) groups is 1. The normalized spacial score (nSPS) is 11.8. The molecule has 0 unspecified atom stereocenters. The van der Waals surface area contributed by atoms with E-state index >= 15 is 0 Å². The molecule has 0 atom stereocenters. The molecule has 0 aromatic heterocycles. The van der Waals surface area contributed by atoms with Crippen molar-refractivity contribution in [3.8, 4) is 5.75 Å². The Balaban J connectivity index is 2.64. The Bertz CT molecular complexity index is 660. The molecule has 0 aliphatic heterocycles. The highest BCUT2D eigenvalue weighted by molar-refractivity contribution is 7.89. The maximum absolute atomic E-state index is 12.1. The number of hydrogen-bond donors (Lipinski definition) is 2. The van der Waals surface area contributed by atoms with Gasteiger partial charge in [-0.3, -0.25) is 4.79 Å². The molecule has 2 N–H and O–H groups in total. The van der Waals surface area contributed by atoms with E-state index in [2.05, 4.69) is 23.9 Å². The molecule has 8 heteroatoms. The fourth-order valence-corrected chi connectivity index (χ4v) is 3.42. The molecule has 0 radical (unpaired) electrons. The summed E-state index contributed by atoms with van der Waals surface area (Å²) in [5.41, 5.74) is 0. The molecule has 6 nitrogen and oxygen atoms in total. The number of ether oxygens (including phenoxy) is 1. The smallest absolute Gasteiger partial charge is 0.257 e. The van der Waals surface area contributed by atoms with Gasteiger partial charge in [-0.2, -0.15) is 0 Å². The minimum Gasteiger partial charge on any atom is -0.482 e. The van der Waals surface area contributed by atoms with Crippen molar-refractivity contribution < 1.29 is 17.9 Å². The lowest BCUT2D eigenvalue weighted by Crippen LogP contribution is -2.30. The first kappa shape index (κ1) is 20.7. The predicted molar refractivity (Wildman–Crippen MR) is 94.9 cm³/mol. The zero-order valence-electron chi connectivity index (χ0n) is 14.4.